The molecule has 4 heteroatoms. The van der Waals surface area contributed by atoms with Crippen LogP contribution in [0, 0.1) is 0 Å². The molecule has 0 radical (unpaired) electrons. The zero-order valence-electron chi connectivity index (χ0n) is 9.57. The monoisotopic (exact) mass is 231 g/mol. The molecule has 2 rings (SSSR count). The molecule has 1 heterocycles. The van der Waals surface area contributed by atoms with Crippen LogP contribution in [-0.4, -0.2) is 35.5 Å². The van der Waals surface area contributed by atoms with Crippen LogP contribution in [0.2, 0.25) is 0 Å². The molecule has 1 aliphatic heterocycles. The summed E-state index contributed by atoms with van der Waals surface area (Å²) in [5.41, 5.74) is 6.15. The molecular weight excluding hydrogens is 210 g/mol. The lowest BCUT2D eigenvalue weighted by Gasteiger charge is -2.39. The molecule has 1 saturated carbocycles. The van der Waals surface area contributed by atoms with Crippen molar-refractivity contribution in [3.8, 4) is 0 Å². The van der Waals surface area contributed by atoms with E-state index < -0.39 is 0 Å². The average molecular weight is 231 g/mol. The first-order valence-corrected chi connectivity index (χ1v) is 6.74. The van der Waals surface area contributed by atoms with Gasteiger partial charge in [-0.2, -0.15) is 11.8 Å². The van der Waals surface area contributed by atoms with E-state index in [1.807, 2.05) is 11.8 Å². The van der Waals surface area contributed by atoms with Crippen LogP contribution in [0.3, 0.4) is 0 Å². The van der Waals surface area contributed by atoms with Crippen molar-refractivity contribution in [3.63, 3.8) is 0 Å². The van der Waals surface area contributed by atoms with Gasteiger partial charge in [0.05, 0.1) is 13.2 Å². The van der Waals surface area contributed by atoms with Crippen LogP contribution in [0.25, 0.3) is 0 Å². The van der Waals surface area contributed by atoms with Crippen molar-refractivity contribution in [2.45, 2.75) is 55.4 Å². The Balaban J connectivity index is 1.97. The minimum atomic E-state index is -0.289. The summed E-state index contributed by atoms with van der Waals surface area (Å²) >= 11 is 1.96. The van der Waals surface area contributed by atoms with E-state index in [4.69, 9.17) is 15.2 Å². The Morgan fingerprint density at radius 1 is 1.33 bits per heavy atom. The standard InChI is InChI=1S/C11H21NO2S/c1-8(2)15-10-7-11(4-3-9(10)12)13-5-6-14-11/h8-10H,3-7,12H2,1-2H3. The third kappa shape index (κ3) is 2.67. The van der Waals surface area contributed by atoms with Crippen LogP contribution in [0.1, 0.15) is 33.1 Å². The largest absolute Gasteiger partial charge is 0.347 e. The molecule has 0 aromatic carbocycles. The van der Waals surface area contributed by atoms with E-state index in [1.54, 1.807) is 0 Å². The molecule has 0 amide bonds. The van der Waals surface area contributed by atoms with Crippen LogP contribution in [0.5, 0.6) is 0 Å². The van der Waals surface area contributed by atoms with Crippen molar-refractivity contribution in [2.75, 3.05) is 13.2 Å². The van der Waals surface area contributed by atoms with Gasteiger partial charge in [-0.05, 0) is 11.7 Å². The Hall–Kier alpha value is 0.230. The van der Waals surface area contributed by atoms with E-state index in [0.717, 1.165) is 32.5 Å². The summed E-state index contributed by atoms with van der Waals surface area (Å²) in [6.45, 7) is 5.92. The molecule has 0 bridgehead atoms. The second kappa shape index (κ2) is 4.62. The van der Waals surface area contributed by atoms with Gasteiger partial charge in [0.1, 0.15) is 0 Å². The van der Waals surface area contributed by atoms with Gasteiger partial charge in [-0.25, -0.2) is 0 Å². The molecular formula is C11H21NO2S. The molecule has 1 saturated heterocycles. The van der Waals surface area contributed by atoms with Crippen LogP contribution >= 0.6 is 11.8 Å². The number of nitrogens with two attached hydrogens (primary N) is 1. The highest BCUT2D eigenvalue weighted by molar-refractivity contribution is 8.00. The minimum absolute atomic E-state index is 0.289. The number of hydrogen-bond donors (Lipinski definition) is 1. The molecule has 1 spiro atoms. The maximum atomic E-state index is 6.15. The molecule has 15 heavy (non-hydrogen) atoms. The Morgan fingerprint density at radius 3 is 2.60 bits per heavy atom. The molecule has 2 unspecified atom stereocenters. The SMILES string of the molecule is CC(C)SC1CC2(CCC1N)OCCO2. The van der Waals surface area contributed by atoms with Gasteiger partial charge in [0, 0.05) is 24.1 Å². The minimum Gasteiger partial charge on any atom is -0.347 e. The first-order chi connectivity index (χ1) is 7.11. The van der Waals surface area contributed by atoms with Crippen molar-refractivity contribution >= 4 is 11.8 Å². The lowest BCUT2D eigenvalue weighted by Crippen LogP contribution is -2.48. The lowest BCUT2D eigenvalue weighted by atomic mass is 9.90. The van der Waals surface area contributed by atoms with Gasteiger partial charge in [-0.15, -0.1) is 0 Å². The van der Waals surface area contributed by atoms with Gasteiger partial charge < -0.3 is 15.2 Å². The van der Waals surface area contributed by atoms with E-state index in [-0.39, 0.29) is 5.79 Å². The van der Waals surface area contributed by atoms with Crippen LogP contribution in [0.15, 0.2) is 0 Å². The van der Waals surface area contributed by atoms with E-state index in [0.29, 0.717) is 16.5 Å². The second-order valence-electron chi connectivity index (χ2n) is 4.74. The highest BCUT2D eigenvalue weighted by Crippen LogP contribution is 2.40. The molecule has 2 fully saturated rings. The number of thioether (sulfide) groups is 1. The van der Waals surface area contributed by atoms with E-state index in [2.05, 4.69) is 13.8 Å². The fourth-order valence-electron chi connectivity index (χ4n) is 2.39. The Labute approximate surface area is 96.1 Å². The normalized spacial score (nSPS) is 35.2. The van der Waals surface area contributed by atoms with Crippen LogP contribution in [0.4, 0.5) is 0 Å². The van der Waals surface area contributed by atoms with Crippen molar-refractivity contribution in [1.82, 2.24) is 0 Å². The quantitative estimate of drug-likeness (QED) is 0.786. The number of ether oxygens (including phenoxy) is 2. The summed E-state index contributed by atoms with van der Waals surface area (Å²) in [6.07, 6.45) is 2.94. The fourth-order valence-corrected chi connectivity index (χ4v) is 3.78. The molecule has 2 atom stereocenters. The second-order valence-corrected chi connectivity index (χ2v) is 6.56. The Kier molecular flexibility index (Phi) is 3.60. The fraction of sp³-hybridized carbons (Fsp3) is 1.00. The van der Waals surface area contributed by atoms with Gasteiger partial charge in [0.2, 0.25) is 0 Å². The van der Waals surface area contributed by atoms with E-state index in [1.165, 1.54) is 0 Å². The average Bonchev–Trinajstić information content (AvgIpc) is 2.60. The third-order valence-electron chi connectivity index (χ3n) is 3.11. The van der Waals surface area contributed by atoms with Crippen molar-refractivity contribution in [3.05, 3.63) is 0 Å². The summed E-state index contributed by atoms with van der Waals surface area (Å²) in [5.74, 6) is -0.289. The first kappa shape index (κ1) is 11.7. The smallest absolute Gasteiger partial charge is 0.169 e. The molecule has 0 aromatic rings. The first-order valence-electron chi connectivity index (χ1n) is 5.80. The maximum absolute atomic E-state index is 6.15. The molecule has 2 aliphatic rings. The predicted molar refractivity (Wildman–Crippen MR) is 63.0 cm³/mol. The highest BCUT2D eigenvalue weighted by Gasteiger charge is 2.44. The van der Waals surface area contributed by atoms with Crippen LogP contribution < -0.4 is 5.73 Å². The number of hydrogen-bond acceptors (Lipinski definition) is 4. The zero-order chi connectivity index (χ0) is 10.9. The summed E-state index contributed by atoms with van der Waals surface area (Å²) < 4.78 is 11.5. The third-order valence-corrected chi connectivity index (χ3v) is 4.52. The predicted octanol–water partition coefficient (Wildman–Crippen LogP) is 1.75. The molecule has 88 valence electrons. The van der Waals surface area contributed by atoms with E-state index >= 15 is 0 Å². The van der Waals surface area contributed by atoms with Crippen LogP contribution in [-0.2, 0) is 9.47 Å². The van der Waals surface area contributed by atoms with Crippen molar-refractivity contribution < 1.29 is 9.47 Å². The van der Waals surface area contributed by atoms with Gasteiger partial charge in [0.25, 0.3) is 0 Å². The summed E-state index contributed by atoms with van der Waals surface area (Å²) in [7, 11) is 0. The topological polar surface area (TPSA) is 44.5 Å². The Morgan fingerprint density at radius 2 is 2.00 bits per heavy atom. The maximum Gasteiger partial charge on any atom is 0.169 e. The lowest BCUT2D eigenvalue weighted by molar-refractivity contribution is -0.176. The van der Waals surface area contributed by atoms with Gasteiger partial charge in [0.15, 0.2) is 5.79 Å². The molecule has 2 N–H and O–H groups in total. The Bertz CT molecular complexity index is 217. The summed E-state index contributed by atoms with van der Waals surface area (Å²) in [5, 5.41) is 1.11. The number of rotatable bonds is 2. The zero-order valence-corrected chi connectivity index (χ0v) is 10.4. The molecule has 3 nitrogen and oxygen atoms in total. The van der Waals surface area contributed by atoms with Gasteiger partial charge >= 0.3 is 0 Å². The summed E-state index contributed by atoms with van der Waals surface area (Å²) in [4.78, 5) is 0. The summed E-state index contributed by atoms with van der Waals surface area (Å²) in [6, 6.07) is 0.302. The van der Waals surface area contributed by atoms with Gasteiger partial charge in [-0.1, -0.05) is 13.8 Å². The van der Waals surface area contributed by atoms with Crippen molar-refractivity contribution in [1.29, 1.82) is 0 Å². The van der Waals surface area contributed by atoms with Crippen molar-refractivity contribution in [2.24, 2.45) is 5.73 Å². The highest BCUT2D eigenvalue weighted by atomic mass is 32.2. The molecule has 1 aliphatic carbocycles. The van der Waals surface area contributed by atoms with Gasteiger partial charge in [-0.3, -0.25) is 0 Å². The van der Waals surface area contributed by atoms with E-state index in [9.17, 15) is 0 Å². The molecule has 0 aromatic heterocycles.